The minimum Gasteiger partial charge on any atom is -0.490 e. The minimum atomic E-state index is -0.747. The molecule has 0 saturated heterocycles. The molecule has 1 amide bonds. The van der Waals surface area contributed by atoms with Gasteiger partial charge >= 0.3 is 12.1 Å². The summed E-state index contributed by atoms with van der Waals surface area (Å²) in [5.74, 6) is 0.221. The van der Waals surface area contributed by atoms with E-state index in [9.17, 15) is 14.7 Å². The van der Waals surface area contributed by atoms with Gasteiger partial charge in [-0.15, -0.1) is 5.10 Å². The molecule has 2 saturated carbocycles. The summed E-state index contributed by atoms with van der Waals surface area (Å²) in [7, 11) is 3.53. The quantitative estimate of drug-likeness (QED) is 0.667. The zero-order chi connectivity index (χ0) is 22.7. The normalized spacial score (nSPS) is 20.6. The van der Waals surface area contributed by atoms with E-state index in [1.54, 1.807) is 23.7 Å². The Morgan fingerprint density at radius 3 is 2.62 bits per heavy atom. The van der Waals surface area contributed by atoms with Crippen molar-refractivity contribution in [1.82, 2.24) is 19.9 Å². The lowest BCUT2D eigenvalue weighted by Gasteiger charge is -2.27. The van der Waals surface area contributed by atoms with Crippen LogP contribution in [0.3, 0.4) is 0 Å². The summed E-state index contributed by atoms with van der Waals surface area (Å²) in [6, 6.07) is 7.49. The Kier molecular flexibility index (Phi) is 6.62. The SMILES string of the molecule is CN(CC1CC1)C(=O)OCc1c(-c2ccc(O[C@H]3CCC[C@H](C(=O)O)C3)cc2)nnn1C. The second kappa shape index (κ2) is 9.58. The highest BCUT2D eigenvalue weighted by Gasteiger charge is 2.28. The molecule has 9 nitrogen and oxygen atoms in total. The van der Waals surface area contributed by atoms with Crippen LogP contribution in [-0.2, 0) is 23.2 Å². The maximum Gasteiger partial charge on any atom is 0.409 e. The van der Waals surface area contributed by atoms with Crippen molar-refractivity contribution < 1.29 is 24.2 Å². The molecule has 9 heteroatoms. The van der Waals surface area contributed by atoms with Gasteiger partial charge in [-0.05, 0) is 68.7 Å². The van der Waals surface area contributed by atoms with Crippen molar-refractivity contribution in [1.29, 1.82) is 0 Å². The molecule has 4 rings (SSSR count). The van der Waals surface area contributed by atoms with Crippen LogP contribution in [0.1, 0.15) is 44.2 Å². The van der Waals surface area contributed by atoms with E-state index >= 15 is 0 Å². The van der Waals surface area contributed by atoms with E-state index < -0.39 is 5.97 Å². The number of carboxylic acids is 1. The van der Waals surface area contributed by atoms with Crippen LogP contribution in [0.5, 0.6) is 5.75 Å². The van der Waals surface area contributed by atoms with Crippen LogP contribution >= 0.6 is 0 Å². The number of carboxylic acid groups (broad SMARTS) is 1. The molecule has 2 aliphatic carbocycles. The third-order valence-corrected chi connectivity index (χ3v) is 6.22. The molecule has 1 aromatic heterocycles. The number of benzene rings is 1. The Bertz CT molecular complexity index is 954. The molecule has 1 heterocycles. The van der Waals surface area contributed by atoms with Gasteiger partial charge in [0.05, 0.1) is 12.0 Å². The number of rotatable bonds is 8. The van der Waals surface area contributed by atoms with Gasteiger partial charge in [-0.3, -0.25) is 4.79 Å². The van der Waals surface area contributed by atoms with E-state index in [0.29, 0.717) is 35.9 Å². The molecule has 1 N–H and O–H groups in total. The highest BCUT2D eigenvalue weighted by molar-refractivity contribution is 5.70. The molecule has 0 spiro atoms. The molecule has 1 aromatic carbocycles. The van der Waals surface area contributed by atoms with Gasteiger partial charge in [0.25, 0.3) is 0 Å². The van der Waals surface area contributed by atoms with Crippen LogP contribution in [0.15, 0.2) is 24.3 Å². The standard InChI is InChI=1S/C23H30N4O5/c1-26(13-15-6-7-15)23(30)31-14-20-21(24-25-27(20)2)16-8-10-18(11-9-16)32-19-5-3-4-17(12-19)22(28)29/h8-11,15,17,19H,3-7,12-14H2,1-2H3,(H,28,29)/t17-,19-/m0/s1. The van der Waals surface area contributed by atoms with E-state index in [1.165, 1.54) is 12.8 Å². The van der Waals surface area contributed by atoms with E-state index in [1.807, 2.05) is 24.3 Å². The van der Waals surface area contributed by atoms with Crippen molar-refractivity contribution in [2.75, 3.05) is 13.6 Å². The number of aryl methyl sites for hydroxylation is 1. The average Bonchev–Trinajstić information content (AvgIpc) is 3.53. The highest BCUT2D eigenvalue weighted by atomic mass is 16.6. The Hall–Kier alpha value is -3.10. The largest absolute Gasteiger partial charge is 0.490 e. The van der Waals surface area contributed by atoms with E-state index in [0.717, 1.165) is 24.9 Å². The predicted octanol–water partition coefficient (Wildman–Crippen LogP) is 3.48. The number of carbonyl (C=O) groups excluding carboxylic acids is 1. The molecule has 2 fully saturated rings. The van der Waals surface area contributed by atoms with Gasteiger partial charge in [-0.1, -0.05) is 5.21 Å². The number of aromatic nitrogens is 3. The maximum atomic E-state index is 12.3. The van der Waals surface area contributed by atoms with Crippen LogP contribution < -0.4 is 4.74 Å². The third kappa shape index (κ3) is 5.38. The van der Waals surface area contributed by atoms with Crippen LogP contribution in [0.25, 0.3) is 11.3 Å². The molecule has 0 radical (unpaired) electrons. The molecule has 0 bridgehead atoms. The smallest absolute Gasteiger partial charge is 0.409 e. The number of nitrogens with zero attached hydrogens (tertiary/aromatic N) is 4. The summed E-state index contributed by atoms with van der Waals surface area (Å²) in [6.45, 7) is 0.814. The zero-order valence-corrected chi connectivity index (χ0v) is 18.6. The highest BCUT2D eigenvalue weighted by Crippen LogP contribution is 2.31. The molecule has 2 aliphatic rings. The number of aliphatic carboxylic acids is 1. The lowest BCUT2D eigenvalue weighted by molar-refractivity contribution is -0.143. The van der Waals surface area contributed by atoms with Gasteiger partial charge in [0.1, 0.15) is 23.7 Å². The molecule has 0 unspecified atom stereocenters. The first kappa shape index (κ1) is 22.1. The predicted molar refractivity (Wildman–Crippen MR) is 116 cm³/mol. The second-order valence-corrected chi connectivity index (χ2v) is 8.85. The molecule has 2 aromatic rings. The number of hydrogen-bond donors (Lipinski definition) is 1. The Labute approximate surface area is 187 Å². The lowest BCUT2D eigenvalue weighted by atomic mass is 9.87. The van der Waals surface area contributed by atoms with Crippen LogP contribution in [0.2, 0.25) is 0 Å². The van der Waals surface area contributed by atoms with Crippen LogP contribution in [0.4, 0.5) is 4.79 Å². The van der Waals surface area contributed by atoms with Crippen molar-refractivity contribution in [3.8, 4) is 17.0 Å². The number of amides is 1. The van der Waals surface area contributed by atoms with Gasteiger partial charge in [0.2, 0.25) is 0 Å². The van der Waals surface area contributed by atoms with Crippen molar-refractivity contribution in [2.45, 2.75) is 51.2 Å². The van der Waals surface area contributed by atoms with E-state index in [4.69, 9.17) is 9.47 Å². The van der Waals surface area contributed by atoms with Gasteiger partial charge in [-0.2, -0.15) is 0 Å². The fourth-order valence-electron chi connectivity index (χ4n) is 4.13. The van der Waals surface area contributed by atoms with E-state index in [2.05, 4.69) is 10.3 Å². The molecule has 0 aliphatic heterocycles. The second-order valence-electron chi connectivity index (χ2n) is 8.85. The fourth-order valence-corrected chi connectivity index (χ4v) is 4.13. The number of ether oxygens (including phenoxy) is 2. The van der Waals surface area contributed by atoms with Crippen LogP contribution in [-0.4, -0.2) is 56.8 Å². The summed E-state index contributed by atoms with van der Waals surface area (Å²) >= 11 is 0. The van der Waals surface area contributed by atoms with Crippen molar-refractivity contribution in [2.24, 2.45) is 18.9 Å². The Morgan fingerprint density at radius 2 is 1.94 bits per heavy atom. The first-order valence-electron chi connectivity index (χ1n) is 11.2. The van der Waals surface area contributed by atoms with E-state index in [-0.39, 0.29) is 24.7 Å². The van der Waals surface area contributed by atoms with Gasteiger partial charge < -0.3 is 19.5 Å². The van der Waals surface area contributed by atoms with Gasteiger partial charge in [0.15, 0.2) is 0 Å². The molecule has 2 atom stereocenters. The lowest BCUT2D eigenvalue weighted by Crippen LogP contribution is -2.29. The van der Waals surface area contributed by atoms with Gasteiger partial charge in [0, 0.05) is 26.2 Å². The summed E-state index contributed by atoms with van der Waals surface area (Å²) in [5.41, 5.74) is 2.21. The average molecular weight is 443 g/mol. The monoisotopic (exact) mass is 442 g/mol. The topological polar surface area (TPSA) is 107 Å². The summed E-state index contributed by atoms with van der Waals surface area (Å²) in [5, 5.41) is 17.6. The number of hydrogen-bond acceptors (Lipinski definition) is 6. The zero-order valence-electron chi connectivity index (χ0n) is 18.6. The summed E-state index contributed by atoms with van der Waals surface area (Å²) in [4.78, 5) is 25.1. The van der Waals surface area contributed by atoms with Crippen molar-refractivity contribution in [3.63, 3.8) is 0 Å². The third-order valence-electron chi connectivity index (χ3n) is 6.22. The van der Waals surface area contributed by atoms with Crippen molar-refractivity contribution >= 4 is 12.1 Å². The summed E-state index contributed by atoms with van der Waals surface area (Å²) in [6.07, 6.45) is 4.88. The maximum absolute atomic E-state index is 12.3. The first-order chi connectivity index (χ1) is 15.4. The first-order valence-corrected chi connectivity index (χ1v) is 11.2. The van der Waals surface area contributed by atoms with Crippen molar-refractivity contribution in [3.05, 3.63) is 30.0 Å². The summed E-state index contributed by atoms with van der Waals surface area (Å²) < 4.78 is 13.1. The fraction of sp³-hybridized carbons (Fsp3) is 0.565. The van der Waals surface area contributed by atoms with Gasteiger partial charge in [-0.25, -0.2) is 9.48 Å². The Morgan fingerprint density at radius 1 is 1.19 bits per heavy atom. The van der Waals surface area contributed by atoms with Crippen LogP contribution in [0, 0.1) is 11.8 Å². The number of carbonyl (C=O) groups is 2. The minimum absolute atomic E-state index is 0.0869. The Balaban J connectivity index is 1.37. The molecule has 172 valence electrons. The molecular formula is C23H30N4O5. The molecule has 32 heavy (non-hydrogen) atoms. The molecular weight excluding hydrogens is 412 g/mol.